The molecule has 0 radical (unpaired) electrons. The van der Waals surface area contributed by atoms with Gasteiger partial charge in [0.25, 0.3) is 0 Å². The van der Waals surface area contributed by atoms with Crippen LogP contribution in [0.2, 0.25) is 10.0 Å². The molecule has 116 valence electrons. The molecule has 1 N–H and O–H groups in total. The summed E-state index contributed by atoms with van der Waals surface area (Å²) < 4.78 is 11.5. The maximum Gasteiger partial charge on any atom is 0.113 e. The van der Waals surface area contributed by atoms with Gasteiger partial charge in [0.1, 0.15) is 5.60 Å². The molecular weight excluding hydrogens is 309 g/mol. The van der Waals surface area contributed by atoms with Gasteiger partial charge < -0.3 is 14.8 Å². The highest BCUT2D eigenvalue weighted by Gasteiger charge is 2.59. The smallest absolute Gasteiger partial charge is 0.113 e. The Morgan fingerprint density at radius 3 is 2.76 bits per heavy atom. The molecule has 2 bridgehead atoms. The number of benzene rings is 1. The van der Waals surface area contributed by atoms with Crippen LogP contribution in [0.5, 0.6) is 0 Å². The maximum atomic E-state index is 6.26. The fourth-order valence-electron chi connectivity index (χ4n) is 4.18. The normalized spacial score (nSPS) is 35.1. The van der Waals surface area contributed by atoms with Crippen LogP contribution < -0.4 is 5.32 Å². The van der Waals surface area contributed by atoms with Crippen molar-refractivity contribution in [1.82, 2.24) is 5.32 Å². The van der Waals surface area contributed by atoms with Gasteiger partial charge in [0.15, 0.2) is 0 Å². The van der Waals surface area contributed by atoms with Gasteiger partial charge in [-0.25, -0.2) is 0 Å². The predicted octanol–water partition coefficient (Wildman–Crippen LogP) is 3.42. The summed E-state index contributed by atoms with van der Waals surface area (Å²) in [6.45, 7) is 1.35. The minimum absolute atomic E-state index is 0.0676. The minimum atomic E-state index is -0.369. The lowest BCUT2D eigenvalue weighted by Gasteiger charge is -2.51. The van der Waals surface area contributed by atoms with Crippen molar-refractivity contribution in [1.29, 1.82) is 0 Å². The van der Waals surface area contributed by atoms with Gasteiger partial charge >= 0.3 is 0 Å². The molecule has 1 aliphatic heterocycles. The van der Waals surface area contributed by atoms with E-state index < -0.39 is 0 Å². The Morgan fingerprint density at radius 1 is 1.29 bits per heavy atom. The van der Waals surface area contributed by atoms with Gasteiger partial charge in [-0.2, -0.15) is 0 Å². The van der Waals surface area contributed by atoms with E-state index in [-0.39, 0.29) is 11.0 Å². The van der Waals surface area contributed by atoms with Crippen molar-refractivity contribution >= 4 is 23.2 Å². The number of rotatable bonds is 4. The maximum absolute atomic E-state index is 6.26. The quantitative estimate of drug-likeness (QED) is 0.918. The van der Waals surface area contributed by atoms with Crippen molar-refractivity contribution in [2.24, 2.45) is 0 Å². The van der Waals surface area contributed by atoms with Crippen LogP contribution in [0.15, 0.2) is 18.2 Å². The molecule has 0 spiro atoms. The van der Waals surface area contributed by atoms with Gasteiger partial charge in [0, 0.05) is 32.2 Å². The first-order valence-electron chi connectivity index (χ1n) is 7.30. The minimum Gasteiger partial charge on any atom is -0.382 e. The first-order chi connectivity index (χ1) is 10.1. The second-order valence-corrected chi connectivity index (χ2v) is 6.98. The second kappa shape index (κ2) is 5.71. The van der Waals surface area contributed by atoms with Gasteiger partial charge in [-0.15, -0.1) is 0 Å². The molecule has 21 heavy (non-hydrogen) atoms. The number of hydrogen-bond acceptors (Lipinski definition) is 3. The molecule has 1 aromatic rings. The van der Waals surface area contributed by atoms with Crippen LogP contribution >= 0.6 is 23.2 Å². The van der Waals surface area contributed by atoms with Crippen LogP contribution in [0.1, 0.15) is 24.8 Å². The molecule has 3 atom stereocenters. The Labute approximate surface area is 135 Å². The monoisotopic (exact) mass is 329 g/mol. The molecule has 1 saturated heterocycles. The lowest BCUT2D eigenvalue weighted by atomic mass is 9.64. The number of nitrogens with one attached hydrogen (secondary N) is 1. The van der Waals surface area contributed by atoms with Gasteiger partial charge in [-0.3, -0.25) is 0 Å². The average molecular weight is 330 g/mol. The van der Waals surface area contributed by atoms with E-state index in [0.29, 0.717) is 22.7 Å². The molecule has 3 rings (SSSR count). The Kier molecular flexibility index (Phi) is 4.23. The zero-order valence-corrected chi connectivity index (χ0v) is 13.9. The Morgan fingerprint density at radius 2 is 2.10 bits per heavy atom. The Balaban J connectivity index is 2.10. The van der Waals surface area contributed by atoms with Crippen molar-refractivity contribution in [2.75, 3.05) is 27.4 Å². The van der Waals surface area contributed by atoms with Crippen LogP contribution in [0.25, 0.3) is 0 Å². The third-order valence-electron chi connectivity index (χ3n) is 5.30. The number of methoxy groups -OCH3 is 2. The molecule has 2 aliphatic rings. The number of ether oxygens (including phenoxy) is 2. The lowest BCUT2D eigenvalue weighted by Crippen LogP contribution is -2.64. The molecule has 3 nitrogen and oxygen atoms in total. The van der Waals surface area contributed by atoms with Crippen LogP contribution in [-0.2, 0) is 14.9 Å². The molecule has 0 unspecified atom stereocenters. The highest BCUT2D eigenvalue weighted by atomic mass is 35.5. The fraction of sp³-hybridized carbons (Fsp3) is 0.625. The summed E-state index contributed by atoms with van der Waals surface area (Å²) in [6, 6.07) is 6.52. The van der Waals surface area contributed by atoms with Gasteiger partial charge in [0.2, 0.25) is 0 Å². The van der Waals surface area contributed by atoms with E-state index in [1.54, 1.807) is 14.2 Å². The Bertz CT molecular complexity index is 539. The van der Waals surface area contributed by atoms with Crippen molar-refractivity contribution < 1.29 is 9.47 Å². The fourth-order valence-corrected chi connectivity index (χ4v) is 4.48. The SMILES string of the molecule is COC[C@@]1(OC)CN[C@H]2CC[C@]1(c1ccc(Cl)c(Cl)c1)C2. The topological polar surface area (TPSA) is 30.5 Å². The summed E-state index contributed by atoms with van der Waals surface area (Å²) in [5.41, 5.74) is 0.771. The first-order valence-corrected chi connectivity index (χ1v) is 8.05. The molecule has 1 aromatic carbocycles. The van der Waals surface area contributed by atoms with Crippen molar-refractivity contribution in [3.05, 3.63) is 33.8 Å². The molecule has 5 heteroatoms. The number of piperidine rings is 1. The third-order valence-corrected chi connectivity index (χ3v) is 6.04. The highest BCUT2D eigenvalue weighted by Crippen LogP contribution is 2.53. The molecular formula is C16H21Cl2NO2. The summed E-state index contributed by atoms with van der Waals surface area (Å²) in [5, 5.41) is 4.79. The van der Waals surface area contributed by atoms with E-state index in [1.165, 1.54) is 5.56 Å². The van der Waals surface area contributed by atoms with Gasteiger partial charge in [-0.05, 0) is 37.0 Å². The zero-order chi connectivity index (χ0) is 15.1. The predicted molar refractivity (Wildman–Crippen MR) is 85.4 cm³/mol. The third kappa shape index (κ3) is 2.30. The number of fused-ring (bicyclic) bond motifs is 2. The van der Waals surface area contributed by atoms with Crippen molar-refractivity contribution in [3.8, 4) is 0 Å². The van der Waals surface area contributed by atoms with Crippen molar-refractivity contribution in [3.63, 3.8) is 0 Å². The molecule has 1 heterocycles. The molecule has 0 aromatic heterocycles. The van der Waals surface area contributed by atoms with E-state index in [9.17, 15) is 0 Å². The Hall–Kier alpha value is -0.320. The van der Waals surface area contributed by atoms with E-state index in [2.05, 4.69) is 11.4 Å². The summed E-state index contributed by atoms with van der Waals surface area (Å²) in [5.74, 6) is 0. The van der Waals surface area contributed by atoms with Crippen molar-refractivity contribution in [2.45, 2.75) is 36.3 Å². The van der Waals surface area contributed by atoms with E-state index in [1.807, 2.05) is 12.1 Å². The van der Waals surface area contributed by atoms with E-state index in [0.717, 1.165) is 25.8 Å². The van der Waals surface area contributed by atoms with Gasteiger partial charge in [0.05, 0.1) is 16.7 Å². The summed E-state index contributed by atoms with van der Waals surface area (Å²) in [4.78, 5) is 0. The second-order valence-electron chi connectivity index (χ2n) is 6.16. The zero-order valence-electron chi connectivity index (χ0n) is 12.4. The van der Waals surface area contributed by atoms with Gasteiger partial charge in [-0.1, -0.05) is 29.3 Å². The number of halogens is 2. The largest absolute Gasteiger partial charge is 0.382 e. The van der Waals surface area contributed by atoms with Crippen LogP contribution in [0.4, 0.5) is 0 Å². The van der Waals surface area contributed by atoms with Crippen LogP contribution in [-0.4, -0.2) is 39.0 Å². The van der Waals surface area contributed by atoms with E-state index in [4.69, 9.17) is 32.7 Å². The highest BCUT2D eigenvalue weighted by molar-refractivity contribution is 6.42. The average Bonchev–Trinajstić information content (AvgIpc) is 2.86. The van der Waals surface area contributed by atoms with E-state index >= 15 is 0 Å². The standard InChI is InChI=1S/C16H21Cl2NO2/c1-20-10-16(21-2)9-19-12-5-6-15(16,8-12)11-3-4-13(17)14(18)7-11/h3-4,7,12,19H,5-6,8-10H2,1-2H3/t12-,15+,16-/m0/s1. The number of hydrogen-bond donors (Lipinski definition) is 1. The summed E-state index contributed by atoms with van der Waals surface area (Å²) >= 11 is 12.3. The molecule has 0 amide bonds. The molecule has 1 saturated carbocycles. The lowest BCUT2D eigenvalue weighted by molar-refractivity contribution is -0.124. The molecule has 1 aliphatic carbocycles. The summed E-state index contributed by atoms with van der Waals surface area (Å²) in [6.07, 6.45) is 3.26. The molecule has 2 fully saturated rings. The summed E-state index contributed by atoms with van der Waals surface area (Å²) in [7, 11) is 3.50. The van der Waals surface area contributed by atoms with Crippen LogP contribution in [0, 0.1) is 0 Å². The first kappa shape index (κ1) is 15.6. The van der Waals surface area contributed by atoms with Crippen LogP contribution in [0.3, 0.4) is 0 Å².